The molecule has 1 aromatic heterocycles. The molecule has 1 atom stereocenters. The van der Waals surface area contributed by atoms with Gasteiger partial charge in [-0.3, -0.25) is 9.36 Å². The Morgan fingerprint density at radius 3 is 2.58 bits per heavy atom. The van der Waals surface area contributed by atoms with E-state index in [2.05, 4.69) is 4.99 Å². The summed E-state index contributed by atoms with van der Waals surface area (Å²) in [6.45, 7) is 5.82. The number of methoxy groups -OCH3 is 2. The number of thiazole rings is 1. The van der Waals surface area contributed by atoms with Crippen molar-refractivity contribution in [1.29, 1.82) is 0 Å². The van der Waals surface area contributed by atoms with Gasteiger partial charge in [0.05, 0.1) is 46.8 Å². The number of rotatable bonds is 8. The fourth-order valence-electron chi connectivity index (χ4n) is 4.23. The minimum Gasteiger partial charge on any atom is -0.504 e. The number of hydrogen-bond donors (Lipinski definition) is 1. The second kappa shape index (κ2) is 11.6. The molecule has 0 saturated carbocycles. The van der Waals surface area contributed by atoms with Crippen molar-refractivity contribution < 1.29 is 28.8 Å². The molecule has 1 aliphatic rings. The first-order valence-electron chi connectivity index (χ1n) is 11.8. The highest BCUT2D eigenvalue weighted by atomic mass is 127. The smallest absolute Gasteiger partial charge is 0.338 e. The van der Waals surface area contributed by atoms with Crippen molar-refractivity contribution in [2.45, 2.75) is 26.8 Å². The number of benzene rings is 2. The first-order chi connectivity index (χ1) is 18.2. The Hall–Kier alpha value is -3.32. The highest BCUT2D eigenvalue weighted by molar-refractivity contribution is 14.1. The van der Waals surface area contributed by atoms with Gasteiger partial charge in [-0.15, -0.1) is 0 Å². The zero-order valence-corrected chi connectivity index (χ0v) is 24.5. The van der Waals surface area contributed by atoms with Crippen LogP contribution < -0.4 is 29.1 Å². The number of aromatic hydroxyl groups is 1. The third-order valence-electron chi connectivity index (χ3n) is 5.90. The molecule has 2 aromatic carbocycles. The maximum Gasteiger partial charge on any atom is 0.338 e. The molecule has 2 heterocycles. The normalized spacial score (nSPS) is 15.1. The first kappa shape index (κ1) is 27.7. The van der Waals surface area contributed by atoms with Crippen LogP contribution in [0, 0.1) is 3.57 Å². The number of aromatic nitrogens is 1. The molecule has 200 valence electrons. The van der Waals surface area contributed by atoms with Crippen LogP contribution in [0.5, 0.6) is 23.0 Å². The number of halogens is 1. The maximum absolute atomic E-state index is 13.9. The van der Waals surface area contributed by atoms with E-state index < -0.39 is 12.0 Å². The van der Waals surface area contributed by atoms with Crippen LogP contribution in [0.4, 0.5) is 0 Å². The van der Waals surface area contributed by atoms with Gasteiger partial charge in [0.2, 0.25) is 0 Å². The quantitative estimate of drug-likeness (QED) is 0.294. The van der Waals surface area contributed by atoms with Crippen LogP contribution in [0.25, 0.3) is 6.08 Å². The predicted molar refractivity (Wildman–Crippen MR) is 152 cm³/mol. The summed E-state index contributed by atoms with van der Waals surface area (Å²) in [6.07, 6.45) is 1.72. The number of fused-ring (bicyclic) bond motifs is 1. The molecule has 0 amide bonds. The van der Waals surface area contributed by atoms with E-state index in [0.717, 1.165) is 0 Å². The van der Waals surface area contributed by atoms with E-state index in [-0.39, 0.29) is 23.5 Å². The van der Waals surface area contributed by atoms with Crippen molar-refractivity contribution in [2.24, 2.45) is 4.99 Å². The summed E-state index contributed by atoms with van der Waals surface area (Å²) in [6, 6.07) is 7.81. The van der Waals surface area contributed by atoms with E-state index in [1.54, 1.807) is 57.4 Å². The molecule has 11 heteroatoms. The topological polar surface area (TPSA) is 109 Å². The van der Waals surface area contributed by atoms with E-state index >= 15 is 0 Å². The molecule has 38 heavy (non-hydrogen) atoms. The number of hydrogen-bond acceptors (Lipinski definition) is 9. The van der Waals surface area contributed by atoms with Gasteiger partial charge in [0, 0.05) is 5.56 Å². The Kier molecular flexibility index (Phi) is 8.46. The lowest BCUT2D eigenvalue weighted by Gasteiger charge is -2.26. The Balaban J connectivity index is 2.00. The summed E-state index contributed by atoms with van der Waals surface area (Å²) < 4.78 is 24.4. The van der Waals surface area contributed by atoms with Gasteiger partial charge >= 0.3 is 5.97 Å². The van der Waals surface area contributed by atoms with E-state index in [0.29, 0.717) is 53.6 Å². The number of allylic oxidation sites excluding steroid dienone is 1. The predicted octanol–water partition coefficient (Wildman–Crippen LogP) is 3.52. The van der Waals surface area contributed by atoms with Crippen molar-refractivity contribution in [1.82, 2.24) is 4.57 Å². The molecule has 1 unspecified atom stereocenters. The van der Waals surface area contributed by atoms with Crippen molar-refractivity contribution >= 4 is 46.0 Å². The second-order valence-electron chi connectivity index (χ2n) is 8.19. The van der Waals surface area contributed by atoms with Gasteiger partial charge in [0.15, 0.2) is 16.3 Å². The van der Waals surface area contributed by atoms with E-state index in [4.69, 9.17) is 18.9 Å². The number of ether oxygens (including phenoxy) is 4. The van der Waals surface area contributed by atoms with Crippen molar-refractivity contribution in [3.05, 3.63) is 76.0 Å². The van der Waals surface area contributed by atoms with Gasteiger partial charge in [-0.25, -0.2) is 9.79 Å². The van der Waals surface area contributed by atoms with Crippen LogP contribution in [-0.2, 0) is 9.53 Å². The Morgan fingerprint density at radius 1 is 1.16 bits per heavy atom. The van der Waals surface area contributed by atoms with Crippen molar-refractivity contribution in [3.8, 4) is 23.0 Å². The van der Waals surface area contributed by atoms with Gasteiger partial charge in [-0.2, -0.15) is 0 Å². The molecule has 0 aliphatic carbocycles. The number of carbonyl (C=O) groups is 1. The molecule has 0 fully saturated rings. The lowest BCUT2D eigenvalue weighted by Crippen LogP contribution is -2.40. The summed E-state index contributed by atoms with van der Waals surface area (Å²) >= 11 is 3.22. The molecule has 1 aliphatic heterocycles. The average Bonchev–Trinajstić information content (AvgIpc) is 3.20. The van der Waals surface area contributed by atoms with Crippen LogP contribution in [0.1, 0.15) is 37.9 Å². The molecule has 9 nitrogen and oxygen atoms in total. The van der Waals surface area contributed by atoms with Crippen LogP contribution in [-0.4, -0.2) is 43.1 Å². The van der Waals surface area contributed by atoms with Crippen LogP contribution in [0.15, 0.2) is 51.4 Å². The number of nitrogens with zero attached hydrogens (tertiary/aromatic N) is 2. The van der Waals surface area contributed by atoms with Gasteiger partial charge in [-0.05, 0) is 85.3 Å². The van der Waals surface area contributed by atoms with Crippen LogP contribution in [0.3, 0.4) is 0 Å². The Morgan fingerprint density at radius 2 is 1.92 bits per heavy atom. The van der Waals surface area contributed by atoms with Crippen molar-refractivity contribution in [2.75, 3.05) is 27.4 Å². The number of carbonyl (C=O) groups excluding carboxylic acids is 1. The summed E-state index contributed by atoms with van der Waals surface area (Å²) in [5.74, 6) is 0.843. The highest BCUT2D eigenvalue weighted by Crippen LogP contribution is 2.38. The van der Waals surface area contributed by atoms with Gasteiger partial charge in [0.25, 0.3) is 5.56 Å². The van der Waals surface area contributed by atoms with E-state index in [1.807, 2.05) is 29.5 Å². The zero-order valence-electron chi connectivity index (χ0n) is 21.5. The minimum atomic E-state index is -0.851. The maximum atomic E-state index is 13.9. The van der Waals surface area contributed by atoms with E-state index in [9.17, 15) is 14.7 Å². The molecule has 4 rings (SSSR count). The third kappa shape index (κ3) is 5.17. The van der Waals surface area contributed by atoms with Gasteiger partial charge in [0.1, 0.15) is 17.5 Å². The zero-order chi connectivity index (χ0) is 27.6. The molecule has 1 N–H and O–H groups in total. The lowest BCUT2D eigenvalue weighted by molar-refractivity contribution is -0.139. The standard InChI is InChI=1S/C27H27IN2O7S/c1-6-36-20-11-15(10-18(28)24(20)31)12-21-25(32)30-23(17-13-16(34-4)8-9-19(17)35-5)22(26(33)37-7-2)14(3)29-27(30)38-21/h8-13,23,31H,6-7H2,1-5H3. The highest BCUT2D eigenvalue weighted by Gasteiger charge is 2.35. The minimum absolute atomic E-state index is 0.0471. The third-order valence-corrected chi connectivity index (χ3v) is 7.70. The fraction of sp³-hybridized carbons (Fsp3) is 0.296. The molecular formula is C27H27IN2O7S. The fourth-order valence-corrected chi connectivity index (χ4v) is 5.90. The van der Waals surface area contributed by atoms with Gasteiger partial charge in [-0.1, -0.05) is 11.3 Å². The van der Waals surface area contributed by atoms with Gasteiger partial charge < -0.3 is 24.1 Å². The monoisotopic (exact) mass is 650 g/mol. The molecular weight excluding hydrogens is 623 g/mol. The SMILES string of the molecule is CCOC(=O)C1=C(C)N=c2sc(=Cc3cc(I)c(O)c(OCC)c3)c(=O)n2C1c1cc(OC)ccc1OC. The molecule has 0 saturated heterocycles. The number of phenolic OH excluding ortho intramolecular Hbond substituents is 1. The molecule has 0 bridgehead atoms. The molecule has 0 spiro atoms. The van der Waals surface area contributed by atoms with Crippen LogP contribution in [0.2, 0.25) is 0 Å². The van der Waals surface area contributed by atoms with E-state index in [1.165, 1.54) is 23.0 Å². The summed E-state index contributed by atoms with van der Waals surface area (Å²) in [5, 5.41) is 10.3. The summed E-state index contributed by atoms with van der Waals surface area (Å²) in [7, 11) is 3.07. The largest absolute Gasteiger partial charge is 0.504 e. The second-order valence-corrected chi connectivity index (χ2v) is 10.4. The Labute approximate surface area is 236 Å². The van der Waals surface area contributed by atoms with Crippen LogP contribution >= 0.6 is 33.9 Å². The average molecular weight is 650 g/mol. The van der Waals surface area contributed by atoms with Crippen molar-refractivity contribution in [3.63, 3.8) is 0 Å². The first-order valence-corrected chi connectivity index (χ1v) is 13.7. The molecule has 0 radical (unpaired) electrons. The number of esters is 1. The summed E-state index contributed by atoms with van der Waals surface area (Å²) in [5.41, 5.74) is 1.60. The lowest BCUT2D eigenvalue weighted by atomic mass is 9.94. The summed E-state index contributed by atoms with van der Waals surface area (Å²) in [4.78, 5) is 32.1. The number of phenols is 1. The Bertz CT molecular complexity index is 1610. The molecule has 3 aromatic rings.